The lowest BCUT2D eigenvalue weighted by Crippen LogP contribution is -2.29. The molecule has 0 saturated heterocycles. The fourth-order valence-corrected chi connectivity index (χ4v) is 3.21. The van der Waals surface area contributed by atoms with Gasteiger partial charge < -0.3 is 16.0 Å². The molecule has 112 valence electrons. The van der Waals surface area contributed by atoms with Crippen molar-refractivity contribution >= 4 is 28.2 Å². The molecular formula is C14H24N4OS. The van der Waals surface area contributed by atoms with Crippen LogP contribution >= 0.6 is 11.3 Å². The summed E-state index contributed by atoms with van der Waals surface area (Å²) in [5.41, 5.74) is 5.79. The van der Waals surface area contributed by atoms with Crippen molar-refractivity contribution in [3.63, 3.8) is 0 Å². The number of carbonyl (C=O) groups excluding carboxylic acids is 1. The fraction of sp³-hybridized carbons (Fsp3) is 0.714. The lowest BCUT2D eigenvalue weighted by atomic mass is 10.1. The van der Waals surface area contributed by atoms with Crippen LogP contribution in [0.3, 0.4) is 0 Å². The Kier molecular flexibility index (Phi) is 3.95. The summed E-state index contributed by atoms with van der Waals surface area (Å²) in [5, 5.41) is 3.95. The van der Waals surface area contributed by atoms with Gasteiger partial charge in [-0.3, -0.25) is 4.79 Å². The molecule has 0 aromatic carbocycles. The van der Waals surface area contributed by atoms with Crippen LogP contribution in [-0.4, -0.2) is 34.9 Å². The molecule has 1 aromatic heterocycles. The van der Waals surface area contributed by atoms with E-state index in [2.05, 4.69) is 17.2 Å². The predicted octanol–water partition coefficient (Wildman–Crippen LogP) is 2.66. The number of aromatic nitrogens is 1. The summed E-state index contributed by atoms with van der Waals surface area (Å²) in [6, 6.07) is 0. The third-order valence-corrected chi connectivity index (χ3v) is 4.44. The van der Waals surface area contributed by atoms with Gasteiger partial charge >= 0.3 is 0 Å². The number of carbonyl (C=O) groups is 1. The summed E-state index contributed by atoms with van der Waals surface area (Å²) in [6.45, 7) is 9.17. The number of hydrogen-bond donors (Lipinski definition) is 2. The monoisotopic (exact) mass is 296 g/mol. The van der Waals surface area contributed by atoms with E-state index in [1.807, 2.05) is 27.8 Å². The molecule has 1 amide bonds. The second kappa shape index (κ2) is 5.24. The maximum atomic E-state index is 12.4. The maximum Gasteiger partial charge on any atom is 0.267 e. The number of amides is 1. The van der Waals surface area contributed by atoms with Crippen LogP contribution in [0.5, 0.6) is 0 Å². The van der Waals surface area contributed by atoms with Crippen molar-refractivity contribution in [2.24, 2.45) is 11.8 Å². The van der Waals surface area contributed by atoms with E-state index in [0.717, 1.165) is 12.5 Å². The van der Waals surface area contributed by atoms with Gasteiger partial charge in [-0.05, 0) is 39.0 Å². The summed E-state index contributed by atoms with van der Waals surface area (Å²) in [5.74, 6) is 1.68. The number of nitrogen functional groups attached to an aromatic ring is 1. The molecule has 3 N–H and O–H groups in total. The number of thiazole rings is 1. The minimum Gasteiger partial charge on any atom is -0.382 e. The molecule has 0 bridgehead atoms. The number of hydrogen-bond acceptors (Lipinski definition) is 5. The molecule has 20 heavy (non-hydrogen) atoms. The quantitative estimate of drug-likeness (QED) is 0.896. The van der Waals surface area contributed by atoms with Crippen molar-refractivity contribution in [1.82, 2.24) is 9.88 Å². The van der Waals surface area contributed by atoms with E-state index >= 15 is 0 Å². The van der Waals surface area contributed by atoms with Gasteiger partial charge in [0.2, 0.25) is 0 Å². The SMILES string of the molecule is CC1CC1CN(C)C(=O)c1sc(NC(C)(C)C)nc1N. The Bertz CT molecular complexity index is 506. The van der Waals surface area contributed by atoms with Crippen molar-refractivity contribution in [1.29, 1.82) is 0 Å². The van der Waals surface area contributed by atoms with E-state index in [1.54, 1.807) is 4.90 Å². The first-order chi connectivity index (χ1) is 9.17. The van der Waals surface area contributed by atoms with Crippen LogP contribution in [0, 0.1) is 11.8 Å². The van der Waals surface area contributed by atoms with Gasteiger partial charge in [0.05, 0.1) is 0 Å². The van der Waals surface area contributed by atoms with E-state index < -0.39 is 0 Å². The standard InChI is InChI=1S/C14H24N4OS/c1-8-6-9(8)7-18(5)12(19)10-11(15)16-13(20-10)17-14(2,3)4/h8-9H,6-7,15H2,1-5H3,(H,16,17). The first-order valence-corrected chi connectivity index (χ1v) is 7.79. The van der Waals surface area contributed by atoms with Gasteiger partial charge in [0.25, 0.3) is 5.91 Å². The second-order valence-electron chi connectivity index (χ2n) is 6.77. The van der Waals surface area contributed by atoms with Gasteiger partial charge in [-0.1, -0.05) is 18.3 Å². The van der Waals surface area contributed by atoms with Crippen molar-refractivity contribution in [2.45, 2.75) is 39.7 Å². The van der Waals surface area contributed by atoms with Crippen LogP contribution in [0.4, 0.5) is 10.9 Å². The molecule has 5 nitrogen and oxygen atoms in total. The van der Waals surface area contributed by atoms with Crippen LogP contribution in [0.1, 0.15) is 43.8 Å². The van der Waals surface area contributed by atoms with E-state index in [-0.39, 0.29) is 11.4 Å². The Morgan fingerprint density at radius 3 is 2.65 bits per heavy atom. The lowest BCUT2D eigenvalue weighted by Gasteiger charge is -2.19. The third kappa shape index (κ3) is 3.62. The average molecular weight is 296 g/mol. The summed E-state index contributed by atoms with van der Waals surface area (Å²) < 4.78 is 0. The van der Waals surface area contributed by atoms with Gasteiger partial charge in [0.1, 0.15) is 10.7 Å². The third-order valence-electron chi connectivity index (χ3n) is 3.46. The molecule has 1 saturated carbocycles. The zero-order valence-corrected chi connectivity index (χ0v) is 13.7. The molecule has 0 radical (unpaired) electrons. The molecule has 1 fully saturated rings. The minimum atomic E-state index is -0.0973. The van der Waals surface area contributed by atoms with E-state index in [1.165, 1.54) is 17.8 Å². The number of anilines is 2. The number of rotatable bonds is 4. The van der Waals surface area contributed by atoms with Gasteiger partial charge in [-0.2, -0.15) is 0 Å². The van der Waals surface area contributed by atoms with E-state index in [4.69, 9.17) is 5.73 Å². The second-order valence-corrected chi connectivity index (χ2v) is 7.77. The summed E-state index contributed by atoms with van der Waals surface area (Å²) in [7, 11) is 1.84. The molecule has 1 aliphatic rings. The molecule has 6 heteroatoms. The Balaban J connectivity index is 2.05. The average Bonchev–Trinajstić information content (AvgIpc) is 2.85. The van der Waals surface area contributed by atoms with Gasteiger partial charge in [-0.25, -0.2) is 4.98 Å². The molecule has 2 rings (SSSR count). The van der Waals surface area contributed by atoms with Crippen molar-refractivity contribution in [3.8, 4) is 0 Å². The molecule has 2 atom stereocenters. The molecule has 1 aromatic rings. The van der Waals surface area contributed by atoms with Gasteiger partial charge in [0.15, 0.2) is 5.13 Å². The lowest BCUT2D eigenvalue weighted by molar-refractivity contribution is 0.0792. The number of nitrogens with one attached hydrogen (secondary N) is 1. The Hall–Kier alpha value is -1.30. The molecule has 0 spiro atoms. The maximum absolute atomic E-state index is 12.4. The van der Waals surface area contributed by atoms with Crippen LogP contribution in [0.25, 0.3) is 0 Å². The highest BCUT2D eigenvalue weighted by Crippen LogP contribution is 2.38. The van der Waals surface area contributed by atoms with Crippen molar-refractivity contribution < 1.29 is 4.79 Å². The normalized spacial score (nSPS) is 21.6. The summed E-state index contributed by atoms with van der Waals surface area (Å²) in [4.78, 5) is 18.9. The van der Waals surface area contributed by atoms with E-state index in [0.29, 0.717) is 21.7 Å². The Morgan fingerprint density at radius 2 is 2.15 bits per heavy atom. The Labute approximate surface area is 124 Å². The predicted molar refractivity (Wildman–Crippen MR) is 84.1 cm³/mol. The van der Waals surface area contributed by atoms with Crippen LogP contribution in [0.15, 0.2) is 0 Å². The zero-order chi connectivity index (χ0) is 15.1. The summed E-state index contributed by atoms with van der Waals surface area (Å²) in [6.07, 6.45) is 1.21. The van der Waals surface area contributed by atoms with Gasteiger partial charge in [0, 0.05) is 19.1 Å². The highest BCUT2D eigenvalue weighted by atomic mass is 32.1. The molecule has 2 unspecified atom stereocenters. The largest absolute Gasteiger partial charge is 0.382 e. The van der Waals surface area contributed by atoms with Crippen LogP contribution in [-0.2, 0) is 0 Å². The molecule has 1 heterocycles. The van der Waals surface area contributed by atoms with E-state index in [9.17, 15) is 4.79 Å². The molecule has 0 aliphatic heterocycles. The highest BCUT2D eigenvalue weighted by Gasteiger charge is 2.35. The topological polar surface area (TPSA) is 71.2 Å². The molecule has 1 aliphatic carbocycles. The zero-order valence-electron chi connectivity index (χ0n) is 12.9. The summed E-state index contributed by atoms with van der Waals surface area (Å²) >= 11 is 1.33. The van der Waals surface area contributed by atoms with Crippen LogP contribution in [0.2, 0.25) is 0 Å². The first-order valence-electron chi connectivity index (χ1n) is 6.97. The Morgan fingerprint density at radius 1 is 1.55 bits per heavy atom. The van der Waals surface area contributed by atoms with Gasteiger partial charge in [-0.15, -0.1) is 0 Å². The van der Waals surface area contributed by atoms with Crippen molar-refractivity contribution in [3.05, 3.63) is 4.88 Å². The minimum absolute atomic E-state index is 0.0268. The smallest absolute Gasteiger partial charge is 0.267 e. The number of nitrogens with two attached hydrogens (primary N) is 1. The molecular weight excluding hydrogens is 272 g/mol. The first kappa shape index (κ1) is 15.1. The fourth-order valence-electron chi connectivity index (χ4n) is 2.12. The van der Waals surface area contributed by atoms with Crippen LogP contribution < -0.4 is 11.1 Å². The van der Waals surface area contributed by atoms with Crippen molar-refractivity contribution in [2.75, 3.05) is 24.6 Å². The highest BCUT2D eigenvalue weighted by molar-refractivity contribution is 7.18. The number of nitrogens with zero attached hydrogens (tertiary/aromatic N) is 2.